The van der Waals surface area contributed by atoms with Crippen LogP contribution in [0.4, 0.5) is 5.69 Å². The molecule has 3 heterocycles. The number of anilines is 1. The first kappa shape index (κ1) is 19.5. The molecule has 5 rings (SSSR count). The Balaban J connectivity index is 1.31. The van der Waals surface area contributed by atoms with Crippen LogP contribution in [0.2, 0.25) is 0 Å². The fourth-order valence-electron chi connectivity index (χ4n) is 3.93. The standard InChI is InChI=1S/C24H20N2O4S/c1-14-9-24(28)30-22-11-18(4-5-19(14)22)29-12-23(27)26-8-7-17-10-16(3-6-21(17)26)20-13-31-15(2)25-20/h3-6,9-11,13H,7-8,12H2,1-2H3. The Morgan fingerprint density at radius 2 is 2.06 bits per heavy atom. The van der Waals surface area contributed by atoms with Gasteiger partial charge in [-0.25, -0.2) is 9.78 Å². The van der Waals surface area contributed by atoms with Crippen LogP contribution in [0.15, 0.2) is 57.1 Å². The first-order valence-electron chi connectivity index (χ1n) is 10.0. The smallest absolute Gasteiger partial charge is 0.336 e. The predicted molar refractivity (Wildman–Crippen MR) is 121 cm³/mol. The van der Waals surface area contributed by atoms with Gasteiger partial charge in [-0.2, -0.15) is 0 Å². The highest BCUT2D eigenvalue weighted by molar-refractivity contribution is 7.09. The van der Waals surface area contributed by atoms with E-state index in [-0.39, 0.29) is 12.5 Å². The number of hydrogen-bond donors (Lipinski definition) is 0. The monoisotopic (exact) mass is 432 g/mol. The normalized spacial score (nSPS) is 12.9. The van der Waals surface area contributed by atoms with Gasteiger partial charge in [0.05, 0.1) is 10.7 Å². The lowest BCUT2D eigenvalue weighted by Crippen LogP contribution is -2.33. The van der Waals surface area contributed by atoms with Gasteiger partial charge in [-0.1, -0.05) is 6.07 Å². The third kappa shape index (κ3) is 3.72. The van der Waals surface area contributed by atoms with Crippen LogP contribution >= 0.6 is 11.3 Å². The van der Waals surface area contributed by atoms with Crippen molar-refractivity contribution in [1.82, 2.24) is 4.98 Å². The number of hydrogen-bond acceptors (Lipinski definition) is 6. The molecule has 0 spiro atoms. The van der Waals surface area contributed by atoms with Crippen LogP contribution in [0.5, 0.6) is 5.75 Å². The molecule has 2 aromatic heterocycles. The van der Waals surface area contributed by atoms with Crippen molar-refractivity contribution in [3.8, 4) is 17.0 Å². The SMILES string of the molecule is Cc1nc(-c2ccc3c(c2)CCN3C(=O)COc2ccc3c(C)cc(=O)oc3c2)cs1. The molecule has 1 amide bonds. The number of aryl methyl sites for hydroxylation is 2. The zero-order valence-corrected chi connectivity index (χ0v) is 18.0. The molecule has 0 N–H and O–H groups in total. The number of aromatic nitrogens is 1. The number of benzene rings is 2. The van der Waals surface area contributed by atoms with Gasteiger partial charge in [-0.3, -0.25) is 4.79 Å². The number of thiazole rings is 1. The van der Waals surface area contributed by atoms with E-state index >= 15 is 0 Å². The Bertz CT molecular complexity index is 1370. The molecule has 6 nitrogen and oxygen atoms in total. The zero-order valence-electron chi connectivity index (χ0n) is 17.2. The van der Waals surface area contributed by atoms with Crippen molar-refractivity contribution in [2.24, 2.45) is 0 Å². The van der Waals surface area contributed by atoms with E-state index < -0.39 is 5.63 Å². The van der Waals surface area contributed by atoms with E-state index in [1.165, 1.54) is 6.07 Å². The molecular formula is C24H20N2O4S. The number of carbonyl (C=O) groups is 1. The van der Waals surface area contributed by atoms with Gasteiger partial charge >= 0.3 is 5.63 Å². The molecule has 7 heteroatoms. The molecule has 0 bridgehead atoms. The van der Waals surface area contributed by atoms with Gasteiger partial charge in [0.15, 0.2) is 6.61 Å². The Kier molecular flexibility index (Phi) is 4.82. The maximum absolute atomic E-state index is 12.8. The van der Waals surface area contributed by atoms with Crippen molar-refractivity contribution in [2.75, 3.05) is 18.1 Å². The predicted octanol–water partition coefficient (Wildman–Crippen LogP) is 4.50. The van der Waals surface area contributed by atoms with Crippen molar-refractivity contribution in [3.05, 3.63) is 74.4 Å². The van der Waals surface area contributed by atoms with E-state index in [0.29, 0.717) is 17.9 Å². The van der Waals surface area contributed by atoms with Crippen molar-refractivity contribution in [2.45, 2.75) is 20.3 Å². The summed E-state index contributed by atoms with van der Waals surface area (Å²) in [5, 5.41) is 3.93. The molecule has 156 valence electrons. The summed E-state index contributed by atoms with van der Waals surface area (Å²) in [5.74, 6) is 0.380. The van der Waals surface area contributed by atoms with E-state index in [2.05, 4.69) is 16.4 Å². The summed E-state index contributed by atoms with van der Waals surface area (Å²) in [6.07, 6.45) is 0.804. The number of rotatable bonds is 4. The van der Waals surface area contributed by atoms with Crippen LogP contribution in [0.1, 0.15) is 16.1 Å². The minimum Gasteiger partial charge on any atom is -0.484 e. The van der Waals surface area contributed by atoms with E-state index in [4.69, 9.17) is 9.15 Å². The topological polar surface area (TPSA) is 72.6 Å². The lowest BCUT2D eigenvalue weighted by Gasteiger charge is -2.18. The summed E-state index contributed by atoms with van der Waals surface area (Å²) >= 11 is 1.63. The first-order chi connectivity index (χ1) is 15.0. The summed E-state index contributed by atoms with van der Waals surface area (Å²) < 4.78 is 11.0. The largest absolute Gasteiger partial charge is 0.484 e. The molecule has 0 unspecified atom stereocenters. The fraction of sp³-hybridized carbons (Fsp3) is 0.208. The number of amides is 1. The van der Waals surface area contributed by atoms with Crippen LogP contribution in [-0.2, 0) is 11.2 Å². The molecule has 0 atom stereocenters. The van der Waals surface area contributed by atoms with Crippen LogP contribution in [0, 0.1) is 13.8 Å². The molecule has 2 aromatic carbocycles. The summed E-state index contributed by atoms with van der Waals surface area (Å²) in [6, 6.07) is 12.8. The van der Waals surface area contributed by atoms with E-state index in [9.17, 15) is 9.59 Å². The molecule has 0 saturated heterocycles. The highest BCUT2D eigenvalue weighted by Gasteiger charge is 2.25. The summed E-state index contributed by atoms with van der Waals surface area (Å²) in [7, 11) is 0. The average molecular weight is 433 g/mol. The first-order valence-corrected chi connectivity index (χ1v) is 10.9. The van der Waals surface area contributed by atoms with Crippen molar-refractivity contribution in [3.63, 3.8) is 0 Å². The molecule has 0 fully saturated rings. The molecule has 1 aliphatic rings. The third-order valence-electron chi connectivity index (χ3n) is 5.48. The Morgan fingerprint density at radius 1 is 1.19 bits per heavy atom. The summed E-state index contributed by atoms with van der Waals surface area (Å²) in [5.41, 5.74) is 4.99. The summed E-state index contributed by atoms with van der Waals surface area (Å²) in [4.78, 5) is 30.8. The minimum absolute atomic E-state index is 0.0893. The molecule has 0 saturated carbocycles. The van der Waals surface area contributed by atoms with Crippen LogP contribution < -0.4 is 15.3 Å². The minimum atomic E-state index is -0.404. The number of carbonyl (C=O) groups excluding carboxylic acids is 1. The highest BCUT2D eigenvalue weighted by Crippen LogP contribution is 2.33. The van der Waals surface area contributed by atoms with E-state index in [1.54, 1.807) is 28.4 Å². The maximum Gasteiger partial charge on any atom is 0.336 e. The lowest BCUT2D eigenvalue weighted by molar-refractivity contribution is -0.120. The van der Waals surface area contributed by atoms with Gasteiger partial charge in [0.25, 0.3) is 5.91 Å². The van der Waals surface area contributed by atoms with Gasteiger partial charge in [0, 0.05) is 40.7 Å². The molecule has 0 aliphatic carbocycles. The molecular weight excluding hydrogens is 412 g/mol. The second-order valence-electron chi connectivity index (χ2n) is 7.59. The lowest BCUT2D eigenvalue weighted by atomic mass is 10.1. The van der Waals surface area contributed by atoms with Crippen LogP contribution in [-0.4, -0.2) is 24.0 Å². The van der Waals surface area contributed by atoms with Crippen molar-refractivity contribution in [1.29, 1.82) is 0 Å². The molecule has 1 aliphatic heterocycles. The Labute approximate surface area is 182 Å². The molecule has 0 radical (unpaired) electrons. The second kappa shape index (κ2) is 7.67. The molecule has 4 aromatic rings. The average Bonchev–Trinajstić information content (AvgIpc) is 3.37. The number of nitrogens with zero attached hydrogens (tertiary/aromatic N) is 2. The second-order valence-corrected chi connectivity index (χ2v) is 8.65. The highest BCUT2D eigenvalue weighted by atomic mass is 32.1. The van der Waals surface area contributed by atoms with Crippen molar-refractivity contribution < 1.29 is 13.9 Å². The zero-order chi connectivity index (χ0) is 21.5. The van der Waals surface area contributed by atoms with Crippen molar-refractivity contribution >= 4 is 33.9 Å². The quantitative estimate of drug-likeness (QED) is 0.444. The van der Waals surface area contributed by atoms with Gasteiger partial charge in [-0.05, 0) is 55.7 Å². The Hall–Kier alpha value is -3.45. The van der Waals surface area contributed by atoms with E-state index in [0.717, 1.165) is 44.9 Å². The fourth-order valence-corrected chi connectivity index (χ4v) is 4.56. The van der Waals surface area contributed by atoms with Gasteiger partial charge in [-0.15, -0.1) is 11.3 Å². The number of ether oxygens (including phenoxy) is 1. The van der Waals surface area contributed by atoms with Crippen LogP contribution in [0.25, 0.3) is 22.2 Å². The maximum atomic E-state index is 12.8. The Morgan fingerprint density at radius 3 is 2.87 bits per heavy atom. The third-order valence-corrected chi connectivity index (χ3v) is 6.25. The van der Waals surface area contributed by atoms with Gasteiger partial charge in [0.1, 0.15) is 11.3 Å². The van der Waals surface area contributed by atoms with Gasteiger partial charge < -0.3 is 14.1 Å². The van der Waals surface area contributed by atoms with Crippen LogP contribution in [0.3, 0.4) is 0 Å². The summed E-state index contributed by atoms with van der Waals surface area (Å²) in [6.45, 7) is 4.39. The molecule has 31 heavy (non-hydrogen) atoms. The van der Waals surface area contributed by atoms with Gasteiger partial charge in [0.2, 0.25) is 0 Å². The number of fused-ring (bicyclic) bond motifs is 2. The van der Waals surface area contributed by atoms with E-state index in [1.807, 2.05) is 32.0 Å².